The molecule has 0 fully saturated rings. The Morgan fingerprint density at radius 1 is 1.11 bits per heavy atom. The first-order valence-electron chi connectivity index (χ1n) is 2.30. The maximum atomic E-state index is 7.00. The first kappa shape index (κ1) is 8.94. The molecule has 0 amide bonds. The third-order valence-electron chi connectivity index (χ3n) is 0.774. The summed E-state index contributed by atoms with van der Waals surface area (Å²) in [6.07, 6.45) is 0. The molecule has 0 spiro atoms. The van der Waals surface area contributed by atoms with Crippen LogP contribution in [0.15, 0.2) is 30.3 Å². The van der Waals surface area contributed by atoms with E-state index in [0.29, 0.717) is 5.69 Å². The van der Waals surface area contributed by atoms with Gasteiger partial charge in [-0.1, -0.05) is 30.3 Å². The van der Waals surface area contributed by atoms with Crippen LogP contribution in [0.4, 0.5) is 5.69 Å². The van der Waals surface area contributed by atoms with Crippen LogP contribution in [0.25, 0.3) is 5.73 Å². The number of rotatable bonds is 0. The van der Waals surface area contributed by atoms with Gasteiger partial charge in [0.2, 0.25) is 0 Å². The Balaban J connectivity index is 0.000000291. The SMILES string of the molecule is [NH-]c1ccccc1.[P]#[Ni]. The summed E-state index contributed by atoms with van der Waals surface area (Å²) in [4.78, 5) is 0. The Morgan fingerprint density at radius 3 is 1.78 bits per heavy atom. The molecule has 0 aliphatic rings. The molecule has 0 aliphatic carbocycles. The average molecular weight is 182 g/mol. The van der Waals surface area contributed by atoms with Crippen molar-refractivity contribution in [3.63, 3.8) is 0 Å². The van der Waals surface area contributed by atoms with Crippen LogP contribution in [0.2, 0.25) is 0 Å². The maximum absolute atomic E-state index is 7.00. The second-order valence-electron chi connectivity index (χ2n) is 1.37. The van der Waals surface area contributed by atoms with E-state index in [1.54, 1.807) is 12.1 Å². The van der Waals surface area contributed by atoms with Crippen LogP contribution in [0.1, 0.15) is 0 Å². The Labute approximate surface area is 63.9 Å². The number of hydrogen-bond acceptors (Lipinski definition) is 0. The van der Waals surface area contributed by atoms with Gasteiger partial charge in [0.05, 0.1) is 0 Å². The van der Waals surface area contributed by atoms with Gasteiger partial charge in [0.15, 0.2) is 0 Å². The topological polar surface area (TPSA) is 23.8 Å². The van der Waals surface area contributed by atoms with Crippen LogP contribution < -0.4 is 0 Å². The molecule has 0 radical (unpaired) electrons. The van der Waals surface area contributed by atoms with Gasteiger partial charge in [-0.3, -0.25) is 0 Å². The summed E-state index contributed by atoms with van der Waals surface area (Å²) in [6, 6.07) is 9.10. The van der Waals surface area contributed by atoms with E-state index in [1.165, 1.54) is 0 Å². The summed E-state index contributed by atoms with van der Waals surface area (Å²) in [6.45, 7) is 0. The fourth-order valence-electron chi connectivity index (χ4n) is 0.438. The second kappa shape index (κ2) is 6.07. The zero-order valence-electron chi connectivity index (χ0n) is 4.65. The van der Waals surface area contributed by atoms with Crippen LogP contribution in [0, 0.1) is 0 Å². The van der Waals surface area contributed by atoms with Crippen molar-refractivity contribution in [2.75, 3.05) is 0 Å². The Morgan fingerprint density at radius 2 is 1.56 bits per heavy atom. The van der Waals surface area contributed by atoms with Gasteiger partial charge in [-0.15, -0.1) is 5.69 Å². The number of hydrogen-bond donors (Lipinski definition) is 0. The van der Waals surface area contributed by atoms with Crippen molar-refractivity contribution in [2.24, 2.45) is 0 Å². The van der Waals surface area contributed by atoms with Crippen molar-refractivity contribution in [1.82, 2.24) is 0 Å². The van der Waals surface area contributed by atoms with Crippen LogP contribution in [-0.2, 0) is 14.4 Å². The van der Waals surface area contributed by atoms with Gasteiger partial charge < -0.3 is 5.73 Å². The van der Waals surface area contributed by atoms with Gasteiger partial charge in [-0.2, -0.15) is 0 Å². The molecule has 1 aromatic carbocycles. The predicted octanol–water partition coefficient (Wildman–Crippen LogP) is 3.23. The van der Waals surface area contributed by atoms with Gasteiger partial charge in [0.1, 0.15) is 0 Å². The van der Waals surface area contributed by atoms with Gasteiger partial charge in [-0.05, 0) is 0 Å². The van der Waals surface area contributed by atoms with Crippen LogP contribution >= 0.6 is 7.36 Å². The zero-order valence-corrected chi connectivity index (χ0v) is 6.53. The van der Waals surface area contributed by atoms with Crippen molar-refractivity contribution in [1.29, 1.82) is 0 Å². The zero-order chi connectivity index (χ0) is 7.11. The summed E-state index contributed by atoms with van der Waals surface area (Å²) >= 11 is 3.57. The Hall–Kier alpha value is -0.0565. The molecule has 0 heterocycles. The van der Waals surface area contributed by atoms with E-state index in [-0.39, 0.29) is 0 Å². The fraction of sp³-hybridized carbons (Fsp3) is 0. The van der Waals surface area contributed by atoms with Gasteiger partial charge in [0.25, 0.3) is 0 Å². The van der Waals surface area contributed by atoms with Crippen LogP contribution in [0.3, 0.4) is 0 Å². The molecule has 1 rings (SSSR count). The molecule has 0 bridgehead atoms. The monoisotopic (exact) mass is 181 g/mol. The van der Waals surface area contributed by atoms with E-state index in [4.69, 9.17) is 5.73 Å². The third kappa shape index (κ3) is 4.45. The normalized spacial score (nSPS) is 7.11. The summed E-state index contributed by atoms with van der Waals surface area (Å²) in [5.41, 5.74) is 7.57. The Bertz CT molecular complexity index is 173. The van der Waals surface area contributed by atoms with Gasteiger partial charge in [0, 0.05) is 0 Å². The average Bonchev–Trinajstić information content (AvgIpc) is 1.94. The van der Waals surface area contributed by atoms with Gasteiger partial charge in [-0.25, -0.2) is 0 Å². The van der Waals surface area contributed by atoms with Crippen molar-refractivity contribution in [3.8, 4) is 0 Å². The standard InChI is InChI=1S/C6H6N.Ni.P/c7-6-4-2-1-3-5-6;;/h1-5,7H;;/q-1;;. The molecule has 0 unspecified atom stereocenters. The second-order valence-corrected chi connectivity index (χ2v) is 1.37. The first-order chi connectivity index (χ1) is 4.39. The van der Waals surface area contributed by atoms with Crippen molar-refractivity contribution < 1.29 is 14.4 Å². The minimum absolute atomic E-state index is 0.572. The molecule has 0 aromatic heterocycles. The third-order valence-corrected chi connectivity index (χ3v) is 0.774. The van der Waals surface area contributed by atoms with Crippen molar-refractivity contribution in [2.45, 2.75) is 0 Å². The molecular weight excluding hydrogens is 176 g/mol. The molecule has 0 saturated carbocycles. The molecule has 1 nitrogen and oxygen atoms in total. The number of benzene rings is 1. The molecule has 9 heavy (non-hydrogen) atoms. The predicted molar refractivity (Wildman–Crippen MR) is 37.3 cm³/mol. The number of nitrogens with one attached hydrogen (secondary N) is 1. The van der Waals surface area contributed by atoms with E-state index in [1.807, 2.05) is 18.2 Å². The van der Waals surface area contributed by atoms with Crippen molar-refractivity contribution in [3.05, 3.63) is 36.1 Å². The summed E-state index contributed by atoms with van der Waals surface area (Å²) in [5, 5.41) is 0. The molecule has 1 aromatic rings. The molecule has 51 valence electrons. The summed E-state index contributed by atoms with van der Waals surface area (Å²) in [5.74, 6) is 0. The van der Waals surface area contributed by atoms with Crippen molar-refractivity contribution >= 4 is 13.0 Å². The molecule has 1 N–H and O–H groups in total. The molecule has 3 heteroatoms. The van der Waals surface area contributed by atoms with E-state index in [9.17, 15) is 0 Å². The Kier molecular flexibility index (Phi) is 6.03. The van der Waals surface area contributed by atoms with Crippen LogP contribution in [-0.4, -0.2) is 0 Å². The van der Waals surface area contributed by atoms with E-state index >= 15 is 0 Å². The van der Waals surface area contributed by atoms with E-state index < -0.39 is 0 Å². The summed E-state index contributed by atoms with van der Waals surface area (Å²) < 4.78 is 0. The molecule has 0 saturated heterocycles. The van der Waals surface area contributed by atoms with Crippen LogP contribution in [0.5, 0.6) is 0 Å². The molecule has 0 aliphatic heterocycles. The molecule has 0 atom stereocenters. The molecular formula is C6H6NNiP-. The minimum atomic E-state index is 0.572. The van der Waals surface area contributed by atoms with E-state index in [0.717, 1.165) is 0 Å². The first-order valence-corrected chi connectivity index (χ1v) is 3.91. The quantitative estimate of drug-likeness (QED) is 0.434. The fourth-order valence-corrected chi connectivity index (χ4v) is 0.438. The van der Waals surface area contributed by atoms with E-state index in [2.05, 4.69) is 21.7 Å². The van der Waals surface area contributed by atoms with Gasteiger partial charge >= 0.3 is 21.7 Å². The summed E-state index contributed by atoms with van der Waals surface area (Å²) in [7, 11) is 3.15.